The molecule has 9 heteroatoms. The molecule has 2 aromatic rings. The first-order valence-electron chi connectivity index (χ1n) is 11.2. The van der Waals surface area contributed by atoms with Crippen LogP contribution in [0, 0.1) is 0 Å². The minimum absolute atomic E-state index is 0.213. The van der Waals surface area contributed by atoms with Crippen LogP contribution in [0.15, 0.2) is 42.6 Å². The van der Waals surface area contributed by atoms with Crippen LogP contribution in [-0.4, -0.2) is 69.7 Å². The van der Waals surface area contributed by atoms with E-state index in [0.29, 0.717) is 45.0 Å². The highest BCUT2D eigenvalue weighted by Gasteiger charge is 2.54. The van der Waals surface area contributed by atoms with Gasteiger partial charge >= 0.3 is 6.03 Å². The molecule has 3 aliphatic rings. The minimum atomic E-state index is -0.835. The van der Waals surface area contributed by atoms with E-state index >= 15 is 0 Å². The highest BCUT2D eigenvalue weighted by molar-refractivity contribution is 6.07. The van der Waals surface area contributed by atoms with Gasteiger partial charge in [-0.3, -0.25) is 10.1 Å². The summed E-state index contributed by atoms with van der Waals surface area (Å²) in [5.74, 6) is 1.22. The number of aliphatic hydroxyl groups is 1. The third-order valence-electron chi connectivity index (χ3n) is 6.81. The standard InChI is InChI=1S/C23H28N6O3/c30-18-7-4-12-28(16-18)19-8-11-24-21(25-19)27-13-9-23(10-14-27)20(31)26-22(32)29(23)15-17-5-2-1-3-6-17/h1-3,5-6,8,11,18,30H,4,7,9-10,12-16H2,(H,26,31,32). The fraction of sp³-hybridized carbons (Fsp3) is 0.478. The van der Waals surface area contributed by atoms with Gasteiger partial charge in [-0.2, -0.15) is 4.98 Å². The Kier molecular flexibility index (Phi) is 5.42. The van der Waals surface area contributed by atoms with E-state index < -0.39 is 5.54 Å². The number of imide groups is 1. The van der Waals surface area contributed by atoms with Gasteiger partial charge in [0, 0.05) is 38.9 Å². The number of carbonyl (C=O) groups excluding carboxylic acids is 2. The molecule has 3 saturated heterocycles. The van der Waals surface area contributed by atoms with Crippen molar-refractivity contribution in [1.29, 1.82) is 0 Å². The van der Waals surface area contributed by atoms with Gasteiger partial charge in [0.1, 0.15) is 11.4 Å². The summed E-state index contributed by atoms with van der Waals surface area (Å²) in [5, 5.41) is 12.5. The zero-order valence-corrected chi connectivity index (χ0v) is 18.0. The fourth-order valence-corrected chi connectivity index (χ4v) is 4.99. The van der Waals surface area contributed by atoms with Crippen LogP contribution in [0.3, 0.4) is 0 Å². The van der Waals surface area contributed by atoms with Crippen molar-refractivity contribution in [1.82, 2.24) is 20.2 Å². The van der Waals surface area contributed by atoms with E-state index in [2.05, 4.69) is 20.1 Å². The molecule has 1 aromatic carbocycles. The lowest BCUT2D eigenvalue weighted by Crippen LogP contribution is -2.56. The van der Waals surface area contributed by atoms with E-state index in [1.165, 1.54) is 0 Å². The molecule has 0 radical (unpaired) electrons. The molecule has 32 heavy (non-hydrogen) atoms. The predicted molar refractivity (Wildman–Crippen MR) is 119 cm³/mol. The number of hydrogen-bond donors (Lipinski definition) is 2. The number of β-amino-alcohol motifs (C(OH)–C–C–N with tert-alkyl or cyclic N) is 1. The van der Waals surface area contributed by atoms with Gasteiger partial charge in [0.25, 0.3) is 5.91 Å². The first-order chi connectivity index (χ1) is 15.5. The number of aromatic nitrogens is 2. The molecule has 5 rings (SSSR count). The van der Waals surface area contributed by atoms with Crippen molar-refractivity contribution in [3.63, 3.8) is 0 Å². The smallest absolute Gasteiger partial charge is 0.325 e. The number of benzene rings is 1. The summed E-state index contributed by atoms with van der Waals surface area (Å²) in [5.41, 5.74) is 0.164. The molecular weight excluding hydrogens is 408 g/mol. The lowest BCUT2D eigenvalue weighted by molar-refractivity contribution is -0.127. The molecule has 3 aliphatic heterocycles. The molecular formula is C23H28N6O3. The number of carbonyl (C=O) groups is 2. The summed E-state index contributed by atoms with van der Waals surface area (Å²) in [6, 6.07) is 11.3. The van der Waals surface area contributed by atoms with Crippen LogP contribution in [0.1, 0.15) is 31.2 Å². The molecule has 0 bridgehead atoms. The molecule has 0 saturated carbocycles. The molecule has 1 aromatic heterocycles. The Morgan fingerprint density at radius 2 is 1.84 bits per heavy atom. The number of hydrogen-bond acceptors (Lipinski definition) is 7. The zero-order chi connectivity index (χ0) is 22.1. The fourth-order valence-electron chi connectivity index (χ4n) is 4.99. The van der Waals surface area contributed by atoms with E-state index in [1.807, 2.05) is 36.4 Å². The lowest BCUT2D eigenvalue weighted by atomic mass is 9.86. The summed E-state index contributed by atoms with van der Waals surface area (Å²) in [4.78, 5) is 40.5. The number of urea groups is 1. The largest absolute Gasteiger partial charge is 0.391 e. The van der Waals surface area contributed by atoms with E-state index in [-0.39, 0.29) is 18.0 Å². The topological polar surface area (TPSA) is 102 Å². The molecule has 1 unspecified atom stereocenters. The molecule has 4 heterocycles. The Morgan fingerprint density at radius 1 is 1.06 bits per heavy atom. The summed E-state index contributed by atoms with van der Waals surface area (Å²) in [6.07, 6.45) is 4.22. The molecule has 3 fully saturated rings. The first kappa shape index (κ1) is 20.7. The number of rotatable bonds is 4. The number of piperidine rings is 2. The van der Waals surface area contributed by atoms with Crippen LogP contribution in [0.5, 0.6) is 0 Å². The zero-order valence-electron chi connectivity index (χ0n) is 18.0. The second-order valence-electron chi connectivity index (χ2n) is 8.81. The van der Waals surface area contributed by atoms with E-state index in [9.17, 15) is 14.7 Å². The second kappa shape index (κ2) is 8.38. The van der Waals surface area contributed by atoms with Gasteiger partial charge < -0.3 is 19.8 Å². The van der Waals surface area contributed by atoms with E-state index in [1.54, 1.807) is 11.1 Å². The van der Waals surface area contributed by atoms with Crippen molar-refractivity contribution in [2.45, 2.75) is 43.9 Å². The normalized spacial score (nSPS) is 23.0. The van der Waals surface area contributed by atoms with Gasteiger partial charge in [0.05, 0.1) is 6.10 Å². The van der Waals surface area contributed by atoms with Crippen LogP contribution in [0.25, 0.3) is 0 Å². The Hall–Kier alpha value is -3.20. The summed E-state index contributed by atoms with van der Waals surface area (Å²) < 4.78 is 0. The van der Waals surface area contributed by atoms with Crippen LogP contribution >= 0.6 is 0 Å². The summed E-state index contributed by atoms with van der Waals surface area (Å²) in [7, 11) is 0. The monoisotopic (exact) mass is 436 g/mol. The van der Waals surface area contributed by atoms with E-state index in [4.69, 9.17) is 4.98 Å². The molecule has 168 valence electrons. The van der Waals surface area contributed by atoms with Gasteiger partial charge in [-0.05, 0) is 37.3 Å². The quantitative estimate of drug-likeness (QED) is 0.701. The van der Waals surface area contributed by atoms with Crippen LogP contribution in [0.2, 0.25) is 0 Å². The Balaban J connectivity index is 1.31. The average molecular weight is 437 g/mol. The Labute approximate surface area is 187 Å². The molecule has 1 spiro atoms. The van der Waals surface area contributed by atoms with Gasteiger partial charge in [-0.1, -0.05) is 30.3 Å². The maximum absolute atomic E-state index is 12.8. The van der Waals surface area contributed by atoms with Gasteiger partial charge in [-0.15, -0.1) is 0 Å². The molecule has 0 aliphatic carbocycles. The van der Waals surface area contributed by atoms with Crippen LogP contribution in [0.4, 0.5) is 16.6 Å². The number of anilines is 2. The number of aliphatic hydroxyl groups excluding tert-OH is 1. The van der Waals surface area contributed by atoms with Crippen LogP contribution < -0.4 is 15.1 Å². The van der Waals surface area contributed by atoms with Crippen LogP contribution in [-0.2, 0) is 11.3 Å². The highest BCUT2D eigenvalue weighted by Crippen LogP contribution is 2.35. The SMILES string of the molecule is O=C1NC(=O)C2(CCN(c3nccc(N4CCCC(O)C4)n3)CC2)N1Cc1ccccc1. The Bertz CT molecular complexity index is 992. The predicted octanol–water partition coefficient (Wildman–Crippen LogP) is 1.53. The number of nitrogens with one attached hydrogen (secondary N) is 1. The van der Waals surface area contributed by atoms with Crippen molar-refractivity contribution < 1.29 is 14.7 Å². The minimum Gasteiger partial charge on any atom is -0.391 e. The van der Waals surface area contributed by atoms with Crippen molar-refractivity contribution in [2.24, 2.45) is 0 Å². The van der Waals surface area contributed by atoms with Gasteiger partial charge in [0.15, 0.2) is 0 Å². The lowest BCUT2D eigenvalue weighted by Gasteiger charge is -2.42. The Morgan fingerprint density at radius 3 is 2.59 bits per heavy atom. The second-order valence-corrected chi connectivity index (χ2v) is 8.81. The highest BCUT2D eigenvalue weighted by atomic mass is 16.3. The first-order valence-corrected chi connectivity index (χ1v) is 11.2. The number of amides is 3. The number of nitrogens with zero attached hydrogens (tertiary/aromatic N) is 5. The summed E-state index contributed by atoms with van der Waals surface area (Å²) in [6.45, 7) is 3.02. The van der Waals surface area contributed by atoms with Crippen molar-refractivity contribution in [2.75, 3.05) is 36.0 Å². The molecule has 9 nitrogen and oxygen atoms in total. The average Bonchev–Trinajstić information content (AvgIpc) is 3.04. The van der Waals surface area contributed by atoms with E-state index in [0.717, 1.165) is 30.8 Å². The van der Waals surface area contributed by atoms with Crippen molar-refractivity contribution in [3.8, 4) is 0 Å². The summed E-state index contributed by atoms with van der Waals surface area (Å²) >= 11 is 0. The molecule has 3 amide bonds. The van der Waals surface area contributed by atoms with Gasteiger partial charge in [0.2, 0.25) is 5.95 Å². The third-order valence-corrected chi connectivity index (χ3v) is 6.81. The molecule has 1 atom stereocenters. The maximum atomic E-state index is 12.8. The van der Waals surface area contributed by atoms with Crippen molar-refractivity contribution in [3.05, 3.63) is 48.2 Å². The van der Waals surface area contributed by atoms with Gasteiger partial charge in [-0.25, -0.2) is 9.78 Å². The van der Waals surface area contributed by atoms with Crippen molar-refractivity contribution >= 4 is 23.7 Å². The maximum Gasteiger partial charge on any atom is 0.325 e. The molecule has 2 N–H and O–H groups in total. The third kappa shape index (κ3) is 3.77.